The number of nitrogens with one attached hydrogen (secondary N) is 1. The molecule has 0 aliphatic carbocycles. The summed E-state index contributed by atoms with van der Waals surface area (Å²) < 4.78 is 0. The number of thioether (sulfide) groups is 1. The van der Waals surface area contributed by atoms with Gasteiger partial charge in [0.05, 0.1) is 5.02 Å². The number of aromatic nitrogens is 1. The largest absolute Gasteiger partial charge is 0.353 e. The van der Waals surface area contributed by atoms with Gasteiger partial charge in [0.1, 0.15) is 5.82 Å². The molecule has 1 atom stereocenters. The summed E-state index contributed by atoms with van der Waals surface area (Å²) in [6.07, 6.45) is 1.93. The minimum absolute atomic E-state index is 0.651. The lowest BCUT2D eigenvalue weighted by Crippen LogP contribution is -2.37. The van der Waals surface area contributed by atoms with E-state index < -0.39 is 0 Å². The zero-order valence-corrected chi connectivity index (χ0v) is 12.5. The second-order valence-electron chi connectivity index (χ2n) is 4.56. The molecule has 2 heterocycles. The van der Waals surface area contributed by atoms with Crippen LogP contribution < -0.4 is 10.2 Å². The van der Waals surface area contributed by atoms with Crippen LogP contribution in [0.2, 0.25) is 5.02 Å². The van der Waals surface area contributed by atoms with E-state index in [2.05, 4.69) is 29.0 Å². The van der Waals surface area contributed by atoms with E-state index in [4.69, 9.17) is 11.6 Å². The Bertz CT molecular complexity index is 400. The van der Waals surface area contributed by atoms with E-state index >= 15 is 0 Å². The van der Waals surface area contributed by atoms with Crippen LogP contribution in [0.5, 0.6) is 0 Å². The highest BCUT2D eigenvalue weighted by atomic mass is 35.5. The summed E-state index contributed by atoms with van der Waals surface area (Å²) >= 11 is 8.36. The first-order chi connectivity index (χ1) is 8.70. The van der Waals surface area contributed by atoms with Crippen LogP contribution in [-0.2, 0) is 6.54 Å². The molecular formula is C13H20ClN3S. The van der Waals surface area contributed by atoms with E-state index in [1.165, 1.54) is 0 Å². The molecule has 0 radical (unpaired) electrons. The minimum atomic E-state index is 0.651. The summed E-state index contributed by atoms with van der Waals surface area (Å²) in [5.41, 5.74) is 1.14. The average molecular weight is 286 g/mol. The Kier molecular flexibility index (Phi) is 5.15. The molecule has 1 aliphatic heterocycles. The van der Waals surface area contributed by atoms with Crippen LogP contribution >= 0.6 is 23.4 Å². The molecule has 0 saturated carbocycles. The molecule has 0 bridgehead atoms. The highest BCUT2D eigenvalue weighted by Crippen LogP contribution is 2.28. The van der Waals surface area contributed by atoms with Gasteiger partial charge in [-0.15, -0.1) is 0 Å². The van der Waals surface area contributed by atoms with E-state index in [9.17, 15) is 0 Å². The molecule has 1 unspecified atom stereocenters. The maximum Gasteiger partial charge on any atom is 0.147 e. The van der Waals surface area contributed by atoms with E-state index in [0.29, 0.717) is 5.25 Å². The van der Waals surface area contributed by atoms with Crippen LogP contribution in [-0.4, -0.2) is 35.6 Å². The van der Waals surface area contributed by atoms with Crippen LogP contribution in [0, 0.1) is 0 Å². The van der Waals surface area contributed by atoms with Gasteiger partial charge < -0.3 is 10.2 Å². The van der Waals surface area contributed by atoms with Crippen LogP contribution in [0.15, 0.2) is 12.3 Å². The first-order valence-corrected chi connectivity index (χ1v) is 7.85. The van der Waals surface area contributed by atoms with Gasteiger partial charge in [-0.05, 0) is 18.2 Å². The molecule has 1 aromatic heterocycles. The standard InChI is InChI=1S/C13H20ClN3S/c1-3-15-7-11-6-12(14)13(16-8-11)17-4-5-18-10(2)9-17/h6,8,10,15H,3-5,7,9H2,1-2H3. The Labute approximate surface area is 118 Å². The quantitative estimate of drug-likeness (QED) is 0.921. The monoisotopic (exact) mass is 285 g/mol. The van der Waals surface area contributed by atoms with Crippen molar-refractivity contribution in [2.45, 2.75) is 25.6 Å². The van der Waals surface area contributed by atoms with Crippen LogP contribution in [0.25, 0.3) is 0 Å². The number of rotatable bonds is 4. The lowest BCUT2D eigenvalue weighted by Gasteiger charge is -2.32. The number of nitrogens with zero attached hydrogens (tertiary/aromatic N) is 2. The second kappa shape index (κ2) is 6.64. The van der Waals surface area contributed by atoms with Gasteiger partial charge in [0.25, 0.3) is 0 Å². The van der Waals surface area contributed by atoms with E-state index in [1.807, 2.05) is 24.0 Å². The molecule has 1 aromatic rings. The maximum atomic E-state index is 6.35. The zero-order valence-electron chi connectivity index (χ0n) is 10.9. The summed E-state index contributed by atoms with van der Waals surface area (Å²) in [6.45, 7) is 8.20. The Balaban J connectivity index is 2.08. The summed E-state index contributed by atoms with van der Waals surface area (Å²) in [7, 11) is 0. The number of halogens is 1. The molecule has 1 aliphatic rings. The van der Waals surface area contributed by atoms with Crippen molar-refractivity contribution < 1.29 is 0 Å². The van der Waals surface area contributed by atoms with Crippen LogP contribution in [0.3, 0.4) is 0 Å². The fourth-order valence-electron chi connectivity index (χ4n) is 2.08. The molecular weight excluding hydrogens is 266 g/mol. The lowest BCUT2D eigenvalue weighted by atomic mass is 10.2. The van der Waals surface area contributed by atoms with Gasteiger partial charge >= 0.3 is 0 Å². The Morgan fingerprint density at radius 1 is 1.61 bits per heavy atom. The Morgan fingerprint density at radius 2 is 2.44 bits per heavy atom. The van der Waals surface area contributed by atoms with Crippen LogP contribution in [0.1, 0.15) is 19.4 Å². The second-order valence-corrected chi connectivity index (χ2v) is 6.51. The molecule has 18 heavy (non-hydrogen) atoms. The topological polar surface area (TPSA) is 28.2 Å². The Morgan fingerprint density at radius 3 is 3.11 bits per heavy atom. The number of anilines is 1. The van der Waals surface area contributed by atoms with Crippen molar-refractivity contribution in [3.8, 4) is 0 Å². The van der Waals surface area contributed by atoms with Crippen molar-refractivity contribution in [1.82, 2.24) is 10.3 Å². The van der Waals surface area contributed by atoms with Gasteiger partial charge in [0, 0.05) is 36.8 Å². The summed E-state index contributed by atoms with van der Waals surface area (Å²) in [5.74, 6) is 2.09. The first kappa shape index (κ1) is 14.0. The Hall–Kier alpha value is -0.450. The molecule has 3 nitrogen and oxygen atoms in total. The highest BCUT2D eigenvalue weighted by molar-refractivity contribution is 8.00. The maximum absolute atomic E-state index is 6.35. The SMILES string of the molecule is CCNCc1cnc(N2CCSC(C)C2)c(Cl)c1. The smallest absolute Gasteiger partial charge is 0.147 e. The fourth-order valence-corrected chi connectivity index (χ4v) is 3.40. The highest BCUT2D eigenvalue weighted by Gasteiger charge is 2.20. The van der Waals surface area contributed by atoms with Gasteiger partial charge in [-0.1, -0.05) is 25.4 Å². The fraction of sp³-hybridized carbons (Fsp3) is 0.615. The first-order valence-electron chi connectivity index (χ1n) is 6.42. The predicted octanol–water partition coefficient (Wildman–Crippen LogP) is 2.79. The van der Waals surface area contributed by atoms with Crippen molar-refractivity contribution >= 4 is 29.2 Å². The van der Waals surface area contributed by atoms with E-state index in [-0.39, 0.29) is 0 Å². The van der Waals surface area contributed by atoms with Crippen LogP contribution in [0.4, 0.5) is 5.82 Å². The van der Waals surface area contributed by atoms with Gasteiger partial charge in [0.15, 0.2) is 0 Å². The van der Waals surface area contributed by atoms with Gasteiger partial charge in [-0.25, -0.2) is 4.98 Å². The van der Waals surface area contributed by atoms with Crippen molar-refractivity contribution in [3.05, 3.63) is 22.8 Å². The van der Waals surface area contributed by atoms with E-state index in [0.717, 1.165) is 48.3 Å². The van der Waals surface area contributed by atoms with Crippen molar-refractivity contribution in [3.63, 3.8) is 0 Å². The van der Waals surface area contributed by atoms with Gasteiger partial charge in [-0.3, -0.25) is 0 Å². The normalized spacial score (nSPS) is 20.2. The third kappa shape index (κ3) is 3.53. The predicted molar refractivity (Wildman–Crippen MR) is 80.8 cm³/mol. The zero-order chi connectivity index (χ0) is 13.0. The molecule has 1 saturated heterocycles. The summed E-state index contributed by atoms with van der Waals surface area (Å²) in [4.78, 5) is 6.83. The lowest BCUT2D eigenvalue weighted by molar-refractivity contribution is 0.722. The van der Waals surface area contributed by atoms with Crippen molar-refractivity contribution in [1.29, 1.82) is 0 Å². The average Bonchev–Trinajstić information content (AvgIpc) is 2.36. The molecule has 0 spiro atoms. The number of hydrogen-bond acceptors (Lipinski definition) is 4. The number of hydrogen-bond donors (Lipinski definition) is 1. The third-order valence-electron chi connectivity index (χ3n) is 3.00. The minimum Gasteiger partial charge on any atom is -0.353 e. The molecule has 5 heteroatoms. The summed E-state index contributed by atoms with van der Waals surface area (Å²) in [5, 5.41) is 4.70. The molecule has 1 fully saturated rings. The molecule has 0 amide bonds. The molecule has 2 rings (SSSR count). The molecule has 0 aromatic carbocycles. The third-order valence-corrected chi connectivity index (χ3v) is 4.41. The van der Waals surface area contributed by atoms with Crippen molar-refractivity contribution in [2.24, 2.45) is 0 Å². The summed E-state index contributed by atoms with van der Waals surface area (Å²) in [6, 6.07) is 2.03. The van der Waals surface area contributed by atoms with Gasteiger partial charge in [-0.2, -0.15) is 11.8 Å². The number of pyridine rings is 1. The van der Waals surface area contributed by atoms with Crippen molar-refractivity contribution in [2.75, 3.05) is 30.3 Å². The van der Waals surface area contributed by atoms with E-state index in [1.54, 1.807) is 0 Å². The molecule has 1 N–H and O–H groups in total. The molecule has 100 valence electrons. The van der Waals surface area contributed by atoms with Gasteiger partial charge in [0.2, 0.25) is 0 Å².